The molecule has 1 aliphatic rings. The topological polar surface area (TPSA) is 51.0 Å². The van der Waals surface area contributed by atoms with Crippen LogP contribution in [0, 0.1) is 6.92 Å². The van der Waals surface area contributed by atoms with Crippen LogP contribution in [-0.2, 0) is 5.54 Å². The Hall–Kier alpha value is -1.20. The highest BCUT2D eigenvalue weighted by Gasteiger charge is 2.39. The highest BCUT2D eigenvalue weighted by Crippen LogP contribution is 2.36. The molecule has 1 aromatic carbocycles. The van der Waals surface area contributed by atoms with Gasteiger partial charge in [-0.3, -0.25) is 0 Å². The van der Waals surface area contributed by atoms with Gasteiger partial charge in [-0.1, -0.05) is 40.5 Å². The van der Waals surface area contributed by atoms with Crippen LogP contribution >= 0.6 is 15.9 Å². The summed E-state index contributed by atoms with van der Waals surface area (Å²) in [5.41, 5.74) is 2.05. The Balaban J connectivity index is 1.95. The maximum atomic E-state index is 5.60. The average Bonchev–Trinajstić information content (AvgIpc) is 3.08. The third-order valence-corrected chi connectivity index (χ3v) is 4.78. The average molecular weight is 350 g/mol. The molecule has 2 aromatic rings. The summed E-state index contributed by atoms with van der Waals surface area (Å²) in [6.45, 7) is 5.27. The fraction of sp³-hybridized carbons (Fsp3) is 0.500. The minimum atomic E-state index is -0.128. The number of hydrogen-bond donors (Lipinski definition) is 1. The summed E-state index contributed by atoms with van der Waals surface area (Å²) in [5, 5.41) is 7.76. The van der Waals surface area contributed by atoms with E-state index >= 15 is 0 Å². The lowest BCUT2D eigenvalue weighted by atomic mass is 9.92. The van der Waals surface area contributed by atoms with E-state index in [1.807, 2.05) is 6.07 Å². The molecule has 1 atom stereocenters. The molecule has 2 heterocycles. The first kappa shape index (κ1) is 14.7. The van der Waals surface area contributed by atoms with Gasteiger partial charge < -0.3 is 9.84 Å². The van der Waals surface area contributed by atoms with Crippen molar-refractivity contribution in [1.82, 2.24) is 15.5 Å². The summed E-state index contributed by atoms with van der Waals surface area (Å²) in [6.07, 6.45) is 4.35. The molecule has 5 heteroatoms. The van der Waals surface area contributed by atoms with Crippen molar-refractivity contribution >= 4 is 15.9 Å². The molecule has 0 aliphatic carbocycles. The largest absolute Gasteiger partial charge is 0.337 e. The fourth-order valence-corrected chi connectivity index (χ4v) is 3.74. The van der Waals surface area contributed by atoms with Gasteiger partial charge in [0.15, 0.2) is 0 Å². The zero-order valence-corrected chi connectivity index (χ0v) is 14.0. The SMILES string of the molecule is CCCC1(c2nc(-c3ccc(C)cc3Br)no2)CCCN1. The molecule has 1 saturated heterocycles. The first-order valence-electron chi connectivity index (χ1n) is 7.50. The molecule has 1 unspecified atom stereocenters. The summed E-state index contributed by atoms with van der Waals surface area (Å²) in [7, 11) is 0. The Kier molecular flexibility index (Phi) is 4.13. The van der Waals surface area contributed by atoms with Crippen LogP contribution in [0.3, 0.4) is 0 Å². The van der Waals surface area contributed by atoms with Gasteiger partial charge in [-0.25, -0.2) is 0 Å². The Labute approximate surface area is 133 Å². The summed E-state index contributed by atoms with van der Waals surface area (Å²) in [4.78, 5) is 4.67. The summed E-state index contributed by atoms with van der Waals surface area (Å²) in [5.74, 6) is 1.38. The summed E-state index contributed by atoms with van der Waals surface area (Å²) in [6, 6.07) is 6.16. The molecular formula is C16H20BrN3O. The molecule has 21 heavy (non-hydrogen) atoms. The second-order valence-corrected chi connectivity index (χ2v) is 6.62. The maximum Gasteiger partial charge on any atom is 0.247 e. The van der Waals surface area contributed by atoms with Gasteiger partial charge in [0.05, 0.1) is 5.54 Å². The van der Waals surface area contributed by atoms with E-state index in [1.54, 1.807) is 0 Å². The van der Waals surface area contributed by atoms with E-state index in [0.717, 1.165) is 48.2 Å². The standard InChI is InChI=1S/C16H20BrN3O/c1-3-7-16(8-4-9-18-16)15-19-14(20-21-15)12-6-5-11(2)10-13(12)17/h5-6,10,18H,3-4,7-9H2,1-2H3. The van der Waals surface area contributed by atoms with Gasteiger partial charge >= 0.3 is 0 Å². The summed E-state index contributed by atoms with van der Waals surface area (Å²) >= 11 is 3.58. The predicted octanol–water partition coefficient (Wildman–Crippen LogP) is 4.19. The molecular weight excluding hydrogens is 330 g/mol. The molecule has 1 N–H and O–H groups in total. The normalized spacial score (nSPS) is 21.9. The Morgan fingerprint density at radius 3 is 2.95 bits per heavy atom. The molecule has 3 rings (SSSR count). The van der Waals surface area contributed by atoms with E-state index in [2.05, 4.69) is 57.4 Å². The van der Waals surface area contributed by atoms with Gasteiger partial charge in [-0.2, -0.15) is 4.98 Å². The van der Waals surface area contributed by atoms with Crippen molar-refractivity contribution in [2.75, 3.05) is 6.54 Å². The van der Waals surface area contributed by atoms with Crippen LogP contribution < -0.4 is 5.32 Å². The molecule has 1 aromatic heterocycles. The van der Waals surface area contributed by atoms with Gasteiger partial charge in [-0.15, -0.1) is 0 Å². The highest BCUT2D eigenvalue weighted by atomic mass is 79.9. The van der Waals surface area contributed by atoms with Gasteiger partial charge in [0.1, 0.15) is 0 Å². The van der Waals surface area contributed by atoms with E-state index < -0.39 is 0 Å². The van der Waals surface area contributed by atoms with Crippen LogP contribution in [0.1, 0.15) is 44.1 Å². The zero-order chi connectivity index (χ0) is 14.9. The number of aryl methyl sites for hydroxylation is 1. The van der Waals surface area contributed by atoms with Crippen LogP contribution in [0.5, 0.6) is 0 Å². The van der Waals surface area contributed by atoms with Gasteiger partial charge in [0.25, 0.3) is 0 Å². The third kappa shape index (κ3) is 2.77. The molecule has 112 valence electrons. The van der Waals surface area contributed by atoms with Crippen molar-refractivity contribution < 1.29 is 4.52 Å². The Morgan fingerprint density at radius 1 is 1.43 bits per heavy atom. The third-order valence-electron chi connectivity index (χ3n) is 4.12. The zero-order valence-electron chi connectivity index (χ0n) is 12.4. The molecule has 0 bridgehead atoms. The highest BCUT2D eigenvalue weighted by molar-refractivity contribution is 9.10. The van der Waals surface area contributed by atoms with Crippen molar-refractivity contribution in [2.45, 2.75) is 45.1 Å². The number of aromatic nitrogens is 2. The number of nitrogens with zero attached hydrogens (tertiary/aromatic N) is 2. The van der Waals surface area contributed by atoms with Crippen LogP contribution in [0.25, 0.3) is 11.4 Å². The number of hydrogen-bond acceptors (Lipinski definition) is 4. The van der Waals surface area contributed by atoms with Crippen molar-refractivity contribution in [1.29, 1.82) is 0 Å². The Morgan fingerprint density at radius 2 is 2.29 bits per heavy atom. The molecule has 1 aliphatic heterocycles. The fourth-order valence-electron chi connectivity index (χ4n) is 3.06. The Bertz CT molecular complexity index is 632. The smallest absolute Gasteiger partial charge is 0.247 e. The molecule has 0 amide bonds. The monoisotopic (exact) mass is 349 g/mol. The quantitative estimate of drug-likeness (QED) is 0.899. The lowest BCUT2D eigenvalue weighted by molar-refractivity contribution is 0.241. The molecule has 0 radical (unpaired) electrons. The number of benzene rings is 1. The van der Waals surface area contributed by atoms with Gasteiger partial charge in [0, 0.05) is 10.0 Å². The first-order chi connectivity index (χ1) is 10.1. The maximum absolute atomic E-state index is 5.60. The minimum absolute atomic E-state index is 0.128. The van der Waals surface area contributed by atoms with E-state index in [-0.39, 0.29) is 5.54 Å². The van der Waals surface area contributed by atoms with Gasteiger partial charge in [-0.05, 0) is 50.4 Å². The van der Waals surface area contributed by atoms with Gasteiger partial charge in [0.2, 0.25) is 11.7 Å². The number of rotatable bonds is 4. The number of halogens is 1. The van der Waals surface area contributed by atoms with Crippen molar-refractivity contribution in [3.05, 3.63) is 34.1 Å². The van der Waals surface area contributed by atoms with Crippen LogP contribution in [0.4, 0.5) is 0 Å². The molecule has 0 spiro atoms. The van der Waals surface area contributed by atoms with E-state index in [4.69, 9.17) is 4.52 Å². The van der Waals surface area contributed by atoms with E-state index in [0.29, 0.717) is 5.82 Å². The first-order valence-corrected chi connectivity index (χ1v) is 8.30. The number of nitrogens with one attached hydrogen (secondary N) is 1. The molecule has 4 nitrogen and oxygen atoms in total. The van der Waals surface area contributed by atoms with E-state index in [9.17, 15) is 0 Å². The van der Waals surface area contributed by atoms with Crippen molar-refractivity contribution in [3.63, 3.8) is 0 Å². The minimum Gasteiger partial charge on any atom is -0.337 e. The van der Waals surface area contributed by atoms with E-state index in [1.165, 1.54) is 5.56 Å². The van der Waals surface area contributed by atoms with Crippen molar-refractivity contribution in [3.8, 4) is 11.4 Å². The van der Waals surface area contributed by atoms with Crippen LogP contribution in [-0.4, -0.2) is 16.7 Å². The molecule has 0 saturated carbocycles. The second-order valence-electron chi connectivity index (χ2n) is 5.77. The molecule has 1 fully saturated rings. The lowest BCUT2D eigenvalue weighted by Crippen LogP contribution is -2.36. The van der Waals surface area contributed by atoms with Crippen LogP contribution in [0.2, 0.25) is 0 Å². The lowest BCUT2D eigenvalue weighted by Gasteiger charge is -2.24. The second kappa shape index (κ2) is 5.89. The van der Waals surface area contributed by atoms with Crippen LogP contribution in [0.15, 0.2) is 27.2 Å². The van der Waals surface area contributed by atoms with Crippen molar-refractivity contribution in [2.24, 2.45) is 0 Å². The summed E-state index contributed by atoms with van der Waals surface area (Å²) < 4.78 is 6.60. The predicted molar refractivity (Wildman–Crippen MR) is 86.0 cm³/mol.